The lowest BCUT2D eigenvalue weighted by molar-refractivity contribution is -0.116. The van der Waals surface area contributed by atoms with Crippen molar-refractivity contribution in [1.29, 1.82) is 0 Å². The van der Waals surface area contributed by atoms with Gasteiger partial charge < -0.3 is 19.5 Å². The van der Waals surface area contributed by atoms with Crippen LogP contribution < -0.4 is 10.2 Å². The van der Waals surface area contributed by atoms with E-state index in [2.05, 4.69) is 40.1 Å². The second-order valence-electron chi connectivity index (χ2n) is 7.96. The topological polar surface area (TPSA) is 61.6 Å². The third-order valence-electron chi connectivity index (χ3n) is 5.57. The molecular weight excluding hydrogens is 395 g/mol. The molecule has 0 spiro atoms. The number of oxazole rings is 1. The van der Waals surface area contributed by atoms with E-state index in [0.29, 0.717) is 18.1 Å². The quantitative estimate of drug-likeness (QED) is 0.648. The van der Waals surface area contributed by atoms with E-state index in [-0.39, 0.29) is 18.1 Å². The van der Waals surface area contributed by atoms with Crippen molar-refractivity contribution in [2.45, 2.75) is 19.8 Å². The molecule has 7 heteroatoms. The van der Waals surface area contributed by atoms with E-state index < -0.39 is 0 Å². The van der Waals surface area contributed by atoms with Crippen LogP contribution in [0.5, 0.6) is 0 Å². The van der Waals surface area contributed by atoms with Crippen LogP contribution in [-0.4, -0.2) is 49.0 Å². The van der Waals surface area contributed by atoms with Crippen LogP contribution >= 0.6 is 0 Å². The van der Waals surface area contributed by atoms with Gasteiger partial charge in [0, 0.05) is 56.0 Å². The summed E-state index contributed by atoms with van der Waals surface area (Å²) < 4.78 is 18.8. The summed E-state index contributed by atoms with van der Waals surface area (Å²) in [7, 11) is 2.14. The van der Waals surface area contributed by atoms with Crippen LogP contribution in [-0.2, 0) is 11.2 Å². The fraction of sp³-hybridized carbons (Fsp3) is 0.333. The summed E-state index contributed by atoms with van der Waals surface area (Å²) in [5, 5.41) is 2.96. The minimum absolute atomic E-state index is 0.0896. The molecule has 1 saturated heterocycles. The number of benzene rings is 2. The van der Waals surface area contributed by atoms with Gasteiger partial charge in [0.05, 0.1) is 6.20 Å². The Labute approximate surface area is 181 Å². The van der Waals surface area contributed by atoms with E-state index in [1.165, 1.54) is 17.8 Å². The fourth-order valence-electron chi connectivity index (χ4n) is 3.75. The van der Waals surface area contributed by atoms with Crippen molar-refractivity contribution in [2.75, 3.05) is 43.4 Å². The monoisotopic (exact) mass is 422 g/mol. The number of amides is 1. The Balaban J connectivity index is 1.31. The summed E-state index contributed by atoms with van der Waals surface area (Å²) >= 11 is 0. The van der Waals surface area contributed by atoms with Crippen molar-refractivity contribution >= 4 is 17.3 Å². The summed E-state index contributed by atoms with van der Waals surface area (Å²) in [5.41, 5.74) is 3.92. The Morgan fingerprint density at radius 1 is 1.13 bits per heavy atom. The summed E-state index contributed by atoms with van der Waals surface area (Å²) in [6.45, 7) is 6.22. The number of likely N-dealkylation sites (N-methyl/N-ethyl adjacent to an activating group) is 1. The van der Waals surface area contributed by atoms with Gasteiger partial charge in [0.1, 0.15) is 5.82 Å². The molecule has 1 aromatic heterocycles. The maximum atomic E-state index is 13.1. The molecule has 1 amide bonds. The van der Waals surface area contributed by atoms with Gasteiger partial charge in [-0.25, -0.2) is 9.37 Å². The molecule has 2 heterocycles. The number of hydrogen-bond acceptors (Lipinski definition) is 5. The van der Waals surface area contributed by atoms with Gasteiger partial charge in [-0.2, -0.15) is 0 Å². The SMILES string of the molecule is Cc1cc(NC(=O)CCc2ncc(-c3ccc(F)cc3)o2)ccc1N1CCN(C)CC1. The number of aryl methyl sites for hydroxylation is 2. The largest absolute Gasteiger partial charge is 0.441 e. The molecule has 4 rings (SSSR count). The van der Waals surface area contributed by atoms with Crippen LogP contribution in [0.1, 0.15) is 17.9 Å². The van der Waals surface area contributed by atoms with Crippen molar-refractivity contribution in [3.8, 4) is 11.3 Å². The van der Waals surface area contributed by atoms with Crippen LogP contribution in [0, 0.1) is 12.7 Å². The van der Waals surface area contributed by atoms with Crippen molar-refractivity contribution in [1.82, 2.24) is 9.88 Å². The van der Waals surface area contributed by atoms with Gasteiger partial charge in [0.2, 0.25) is 5.91 Å². The highest BCUT2D eigenvalue weighted by Crippen LogP contribution is 2.25. The molecule has 1 fully saturated rings. The average molecular weight is 423 g/mol. The molecule has 0 bridgehead atoms. The van der Waals surface area contributed by atoms with E-state index in [4.69, 9.17) is 4.42 Å². The summed E-state index contributed by atoms with van der Waals surface area (Å²) in [6.07, 6.45) is 2.26. The minimum Gasteiger partial charge on any atom is -0.441 e. The molecule has 1 N–H and O–H groups in total. The summed E-state index contributed by atoms with van der Waals surface area (Å²) in [4.78, 5) is 21.3. The molecule has 1 aliphatic heterocycles. The molecule has 0 radical (unpaired) electrons. The molecule has 0 atom stereocenters. The number of piperazine rings is 1. The van der Waals surface area contributed by atoms with Crippen molar-refractivity contribution in [3.05, 3.63) is 65.9 Å². The van der Waals surface area contributed by atoms with E-state index in [1.807, 2.05) is 12.1 Å². The third-order valence-corrected chi connectivity index (χ3v) is 5.57. The first-order valence-electron chi connectivity index (χ1n) is 10.5. The zero-order chi connectivity index (χ0) is 21.8. The Kier molecular flexibility index (Phi) is 6.32. The molecule has 2 aromatic carbocycles. The lowest BCUT2D eigenvalue weighted by Gasteiger charge is -2.35. The molecule has 31 heavy (non-hydrogen) atoms. The zero-order valence-corrected chi connectivity index (χ0v) is 17.9. The fourth-order valence-corrected chi connectivity index (χ4v) is 3.75. The molecular formula is C24H27FN4O2. The van der Waals surface area contributed by atoms with Crippen LogP contribution in [0.2, 0.25) is 0 Å². The summed E-state index contributed by atoms with van der Waals surface area (Å²) in [6, 6.07) is 12.1. The van der Waals surface area contributed by atoms with Crippen LogP contribution in [0.4, 0.5) is 15.8 Å². The average Bonchev–Trinajstić information content (AvgIpc) is 3.23. The van der Waals surface area contributed by atoms with E-state index in [9.17, 15) is 9.18 Å². The maximum Gasteiger partial charge on any atom is 0.224 e. The lowest BCUT2D eigenvalue weighted by Crippen LogP contribution is -2.44. The van der Waals surface area contributed by atoms with Crippen molar-refractivity contribution in [2.24, 2.45) is 0 Å². The first-order chi connectivity index (χ1) is 15.0. The highest BCUT2D eigenvalue weighted by atomic mass is 19.1. The molecule has 0 saturated carbocycles. The predicted octanol–water partition coefficient (Wildman–Crippen LogP) is 4.11. The number of anilines is 2. The number of carbonyl (C=O) groups is 1. The van der Waals surface area contributed by atoms with E-state index in [1.54, 1.807) is 18.3 Å². The molecule has 162 valence electrons. The van der Waals surface area contributed by atoms with Crippen LogP contribution in [0.25, 0.3) is 11.3 Å². The molecule has 0 unspecified atom stereocenters. The normalized spacial score (nSPS) is 14.6. The van der Waals surface area contributed by atoms with Gasteiger partial charge in [-0.1, -0.05) is 0 Å². The van der Waals surface area contributed by atoms with Gasteiger partial charge in [-0.15, -0.1) is 0 Å². The lowest BCUT2D eigenvalue weighted by atomic mass is 10.1. The first kappa shape index (κ1) is 21.1. The number of nitrogens with one attached hydrogen (secondary N) is 1. The van der Waals surface area contributed by atoms with E-state index >= 15 is 0 Å². The highest BCUT2D eigenvalue weighted by molar-refractivity contribution is 5.91. The first-order valence-corrected chi connectivity index (χ1v) is 10.5. The van der Waals surface area contributed by atoms with Gasteiger partial charge >= 0.3 is 0 Å². The van der Waals surface area contributed by atoms with Gasteiger partial charge in [0.25, 0.3) is 0 Å². The van der Waals surface area contributed by atoms with Crippen LogP contribution in [0.15, 0.2) is 53.1 Å². The van der Waals surface area contributed by atoms with Crippen LogP contribution in [0.3, 0.4) is 0 Å². The molecule has 0 aliphatic carbocycles. The van der Waals surface area contributed by atoms with Gasteiger partial charge in [0.15, 0.2) is 11.7 Å². The standard InChI is InChI=1S/C24H27FN4O2/c1-17-15-20(7-8-21(17)29-13-11-28(2)12-14-29)27-23(30)9-10-24-26-16-22(31-24)18-3-5-19(25)6-4-18/h3-8,15-16H,9-14H2,1-2H3,(H,27,30). The maximum absolute atomic E-state index is 13.1. The molecule has 1 aliphatic rings. The van der Waals surface area contributed by atoms with Crippen molar-refractivity contribution < 1.29 is 13.6 Å². The highest BCUT2D eigenvalue weighted by Gasteiger charge is 2.16. The number of carbonyl (C=O) groups excluding carboxylic acids is 1. The number of hydrogen-bond donors (Lipinski definition) is 1. The number of rotatable bonds is 6. The second kappa shape index (κ2) is 9.31. The minimum atomic E-state index is -0.299. The molecule has 3 aromatic rings. The number of aromatic nitrogens is 1. The molecule has 6 nitrogen and oxygen atoms in total. The Morgan fingerprint density at radius 3 is 2.58 bits per heavy atom. The Morgan fingerprint density at radius 2 is 1.87 bits per heavy atom. The summed E-state index contributed by atoms with van der Waals surface area (Å²) in [5.74, 6) is 0.654. The third kappa shape index (κ3) is 5.30. The Bertz CT molecular complexity index is 1040. The number of nitrogens with zero attached hydrogens (tertiary/aromatic N) is 3. The second-order valence-corrected chi connectivity index (χ2v) is 7.96. The van der Waals surface area contributed by atoms with Gasteiger partial charge in [-0.05, 0) is 62.0 Å². The predicted molar refractivity (Wildman–Crippen MR) is 120 cm³/mol. The smallest absolute Gasteiger partial charge is 0.224 e. The Hall–Kier alpha value is -3.19. The van der Waals surface area contributed by atoms with E-state index in [0.717, 1.165) is 43.0 Å². The van der Waals surface area contributed by atoms with Gasteiger partial charge in [-0.3, -0.25) is 4.79 Å². The number of halogens is 1. The zero-order valence-electron chi connectivity index (χ0n) is 17.9. The van der Waals surface area contributed by atoms with Crippen molar-refractivity contribution in [3.63, 3.8) is 0 Å².